The highest BCUT2D eigenvalue weighted by molar-refractivity contribution is 6.30. The number of anilines is 1. The number of hydrogen-bond acceptors (Lipinski definition) is 6. The lowest BCUT2D eigenvalue weighted by Gasteiger charge is -2.37. The van der Waals surface area contributed by atoms with Crippen molar-refractivity contribution in [1.82, 2.24) is 15.3 Å². The molecule has 3 aromatic rings. The van der Waals surface area contributed by atoms with Gasteiger partial charge in [-0.05, 0) is 59.7 Å². The Morgan fingerprint density at radius 2 is 1.76 bits per heavy atom. The predicted octanol–water partition coefficient (Wildman–Crippen LogP) is 6.88. The van der Waals surface area contributed by atoms with Gasteiger partial charge < -0.3 is 10.2 Å². The van der Waals surface area contributed by atoms with Crippen LogP contribution in [0.25, 0.3) is 11.3 Å². The fraction of sp³-hybridized carbons (Fsp3) is 0.387. The Bertz CT molecular complexity index is 1420. The van der Waals surface area contributed by atoms with Crippen molar-refractivity contribution >= 4 is 35.3 Å². The van der Waals surface area contributed by atoms with Crippen LogP contribution in [0.15, 0.2) is 55.0 Å². The smallest absolute Gasteiger partial charge is 0.365 e. The zero-order valence-electron chi connectivity index (χ0n) is 23.5. The number of nitrogens with zero attached hydrogens (tertiary/aromatic N) is 3. The van der Waals surface area contributed by atoms with Crippen molar-refractivity contribution in [2.45, 2.75) is 65.0 Å². The molecule has 10 heteroatoms. The van der Waals surface area contributed by atoms with Crippen molar-refractivity contribution in [3.8, 4) is 11.3 Å². The molecule has 1 fully saturated rings. The summed E-state index contributed by atoms with van der Waals surface area (Å²) >= 11 is 6.04. The van der Waals surface area contributed by atoms with Gasteiger partial charge in [-0.15, -0.1) is 8.78 Å². The number of ketones is 1. The zero-order valence-corrected chi connectivity index (χ0v) is 24.2. The summed E-state index contributed by atoms with van der Waals surface area (Å²) in [6.45, 7) is 9.11. The van der Waals surface area contributed by atoms with E-state index in [0.29, 0.717) is 17.0 Å². The van der Waals surface area contributed by atoms with Gasteiger partial charge in [-0.3, -0.25) is 9.59 Å². The van der Waals surface area contributed by atoms with Crippen molar-refractivity contribution in [3.05, 3.63) is 76.7 Å². The van der Waals surface area contributed by atoms with Gasteiger partial charge in [-0.2, -0.15) is 0 Å². The summed E-state index contributed by atoms with van der Waals surface area (Å²) in [6.07, 6.45) is 2.63. The quantitative estimate of drug-likeness (QED) is 0.251. The van der Waals surface area contributed by atoms with Gasteiger partial charge >= 0.3 is 6.29 Å². The molecule has 0 unspecified atom stereocenters. The lowest BCUT2D eigenvalue weighted by Crippen LogP contribution is -2.50. The molecule has 3 atom stereocenters. The molecular formula is C31H33ClF2N4O3. The van der Waals surface area contributed by atoms with Crippen LogP contribution in [-0.2, 0) is 11.2 Å². The van der Waals surface area contributed by atoms with Gasteiger partial charge in [0.15, 0.2) is 5.78 Å². The Morgan fingerprint density at radius 1 is 1.07 bits per heavy atom. The van der Waals surface area contributed by atoms with Crippen LogP contribution in [0.1, 0.15) is 67.9 Å². The number of benzene rings is 2. The molecule has 216 valence electrons. The molecule has 1 aliphatic heterocycles. The van der Waals surface area contributed by atoms with Crippen LogP contribution < -0.4 is 10.2 Å². The van der Waals surface area contributed by atoms with E-state index in [1.54, 1.807) is 19.4 Å². The van der Waals surface area contributed by atoms with E-state index in [2.05, 4.69) is 47.0 Å². The molecule has 1 aliphatic carbocycles. The van der Waals surface area contributed by atoms with E-state index in [9.17, 15) is 18.4 Å². The number of carbonyl (C=O) groups excluding carboxylic acids is 3. The molecule has 41 heavy (non-hydrogen) atoms. The molecule has 0 spiro atoms. The van der Waals surface area contributed by atoms with E-state index in [4.69, 9.17) is 16.4 Å². The number of rotatable bonds is 6. The third-order valence-electron chi connectivity index (χ3n) is 7.29. The summed E-state index contributed by atoms with van der Waals surface area (Å²) < 4.78 is 19.4. The van der Waals surface area contributed by atoms with Gasteiger partial charge in [-0.1, -0.05) is 44.5 Å². The number of halogens is 3. The summed E-state index contributed by atoms with van der Waals surface area (Å²) in [6, 6.07) is 13.6. The fourth-order valence-electron chi connectivity index (χ4n) is 5.97. The predicted molar refractivity (Wildman–Crippen MR) is 155 cm³/mol. The maximum atomic E-state index is 13.6. The third-order valence-corrected chi connectivity index (χ3v) is 7.54. The first-order chi connectivity index (χ1) is 19.3. The van der Waals surface area contributed by atoms with Crippen LogP contribution in [0.2, 0.25) is 5.02 Å². The van der Waals surface area contributed by atoms with Crippen molar-refractivity contribution < 1.29 is 23.2 Å². The molecule has 2 heterocycles. The van der Waals surface area contributed by atoms with Crippen molar-refractivity contribution in [2.75, 3.05) is 11.4 Å². The SMILES string of the molecule is CC(=O)N[C@@H]1CC[C@H]2c3cc(C(=O)Cc4ccc(Cl)cc4)cc(-c4ccncn4)c3N(CC(C)(C)C)[C@@H]12.O=C(F)F. The molecule has 1 amide bonds. The number of hydrogen-bond donors (Lipinski definition) is 1. The molecule has 0 radical (unpaired) electrons. The Hall–Kier alpha value is -3.72. The van der Waals surface area contributed by atoms with E-state index in [-0.39, 0.29) is 35.1 Å². The van der Waals surface area contributed by atoms with Crippen LogP contribution in [0.4, 0.5) is 19.3 Å². The topological polar surface area (TPSA) is 92.3 Å². The van der Waals surface area contributed by atoms with E-state index in [0.717, 1.165) is 41.9 Å². The van der Waals surface area contributed by atoms with Gasteiger partial charge in [0.2, 0.25) is 5.91 Å². The molecule has 1 saturated carbocycles. The molecule has 0 saturated heterocycles. The molecule has 1 N–H and O–H groups in total. The Balaban J connectivity index is 0.000000909. The summed E-state index contributed by atoms with van der Waals surface area (Å²) in [4.78, 5) is 44.9. The summed E-state index contributed by atoms with van der Waals surface area (Å²) in [7, 11) is 0. The van der Waals surface area contributed by atoms with E-state index < -0.39 is 6.29 Å². The minimum Gasteiger partial charge on any atom is -0.365 e. The first-order valence-electron chi connectivity index (χ1n) is 13.4. The van der Waals surface area contributed by atoms with Crippen LogP contribution >= 0.6 is 11.6 Å². The summed E-state index contributed by atoms with van der Waals surface area (Å²) in [5.74, 6) is 0.285. The standard InChI is InChI=1S/C30H33ClN4O2.CF2O/c1-18(36)34-26-10-9-22-23-14-20(27(37)13-19-5-7-21(31)8-6-19)15-24(25-11-12-32-17-33-25)28(23)35(29(22)26)16-30(2,3)4;2-1(3)4/h5-8,11-12,14-15,17,22,26,29H,9-10,13,16H2,1-4H3,(H,34,36);/t22-,26+,29+;/m0./s1. The highest BCUT2D eigenvalue weighted by atomic mass is 35.5. The number of aromatic nitrogens is 2. The van der Waals surface area contributed by atoms with E-state index >= 15 is 0 Å². The third kappa shape index (κ3) is 7.33. The van der Waals surface area contributed by atoms with Gasteiger partial charge in [0, 0.05) is 54.2 Å². The normalized spacial score (nSPS) is 19.1. The second-order valence-corrected chi connectivity index (χ2v) is 12.1. The minimum atomic E-state index is -2.83. The molecule has 0 bridgehead atoms. The van der Waals surface area contributed by atoms with Gasteiger partial charge in [0.25, 0.3) is 0 Å². The number of amides is 1. The fourth-order valence-corrected chi connectivity index (χ4v) is 6.10. The van der Waals surface area contributed by atoms with Gasteiger partial charge in [0.05, 0.1) is 17.4 Å². The molecule has 5 rings (SSSR count). The lowest BCUT2D eigenvalue weighted by molar-refractivity contribution is -0.119. The Kier molecular flexibility index (Phi) is 9.17. The largest absolute Gasteiger partial charge is 0.483 e. The first kappa shape index (κ1) is 30.2. The first-order valence-corrected chi connectivity index (χ1v) is 13.8. The molecule has 7 nitrogen and oxygen atoms in total. The summed E-state index contributed by atoms with van der Waals surface area (Å²) in [5, 5.41) is 3.87. The van der Waals surface area contributed by atoms with E-state index in [1.165, 1.54) is 5.56 Å². The van der Waals surface area contributed by atoms with Crippen LogP contribution in [0.3, 0.4) is 0 Å². The van der Waals surface area contributed by atoms with E-state index in [1.807, 2.05) is 36.4 Å². The molecule has 2 aliphatic rings. The number of carbonyl (C=O) groups is 3. The van der Waals surface area contributed by atoms with Gasteiger partial charge in [-0.25, -0.2) is 14.8 Å². The minimum absolute atomic E-state index is 0.00725. The van der Waals surface area contributed by atoms with Crippen LogP contribution in [0, 0.1) is 5.41 Å². The Labute approximate surface area is 243 Å². The molecule has 1 aromatic heterocycles. The average Bonchev–Trinajstić information content (AvgIpc) is 3.43. The average molecular weight is 583 g/mol. The molecule has 2 aromatic carbocycles. The number of nitrogens with one attached hydrogen (secondary N) is 1. The monoisotopic (exact) mass is 582 g/mol. The maximum Gasteiger partial charge on any atom is 0.483 e. The second-order valence-electron chi connectivity index (χ2n) is 11.7. The maximum absolute atomic E-state index is 13.6. The zero-order chi connectivity index (χ0) is 29.9. The molecular weight excluding hydrogens is 550 g/mol. The second kappa shape index (κ2) is 12.4. The summed E-state index contributed by atoms with van der Waals surface area (Å²) in [5.41, 5.74) is 5.68. The van der Waals surface area contributed by atoms with Crippen LogP contribution in [0.5, 0.6) is 0 Å². The lowest BCUT2D eigenvalue weighted by atomic mass is 9.90. The van der Waals surface area contributed by atoms with Gasteiger partial charge in [0.1, 0.15) is 6.33 Å². The highest BCUT2D eigenvalue weighted by Crippen LogP contribution is 2.53. The Morgan fingerprint density at radius 3 is 2.34 bits per heavy atom. The number of Topliss-reactive ketones (excluding diaryl/α,β-unsaturated/α-hetero) is 1. The highest BCUT2D eigenvalue weighted by Gasteiger charge is 2.49. The van der Waals surface area contributed by atoms with Crippen molar-refractivity contribution in [1.29, 1.82) is 0 Å². The van der Waals surface area contributed by atoms with Crippen LogP contribution in [-0.4, -0.2) is 46.6 Å². The number of fused-ring (bicyclic) bond motifs is 3. The van der Waals surface area contributed by atoms with Crippen molar-refractivity contribution in [2.24, 2.45) is 5.41 Å². The van der Waals surface area contributed by atoms with Crippen molar-refractivity contribution in [3.63, 3.8) is 0 Å².